The largest absolute Gasteiger partial charge is 0.465 e. The van der Waals surface area contributed by atoms with Gasteiger partial charge in [-0.1, -0.05) is 90.5 Å². The first-order valence-corrected chi connectivity index (χ1v) is 10.2. The maximum Gasteiger partial charge on any atom is 0.365 e. The molecule has 3 aromatic carbocycles. The Bertz CT molecular complexity index is 1020. The van der Waals surface area contributed by atoms with Crippen molar-refractivity contribution in [1.82, 2.24) is 0 Å². The van der Waals surface area contributed by atoms with Crippen LogP contribution in [0.25, 0.3) is 0 Å². The molecule has 1 heterocycles. The third-order valence-corrected chi connectivity index (χ3v) is 6.06. The summed E-state index contributed by atoms with van der Waals surface area (Å²) in [6.45, 7) is 2.00. The van der Waals surface area contributed by atoms with Gasteiger partial charge in [0.25, 0.3) is 0 Å². The summed E-state index contributed by atoms with van der Waals surface area (Å²) in [5, 5.41) is 2.01. The number of hydrogen-bond donors (Lipinski definition) is 1. The average molecular weight is 400 g/mol. The first-order chi connectivity index (χ1) is 14.6. The van der Waals surface area contributed by atoms with Gasteiger partial charge in [-0.15, -0.1) is 0 Å². The van der Waals surface area contributed by atoms with Gasteiger partial charge in [0.1, 0.15) is 6.04 Å². The fraction of sp³-hybridized carbons (Fsp3) is 0.231. The summed E-state index contributed by atoms with van der Waals surface area (Å²) in [4.78, 5) is 26.6. The lowest BCUT2D eigenvalue weighted by molar-refractivity contribution is -0.700. The number of carbonyl (C=O) groups is 2. The maximum atomic E-state index is 13.8. The molecule has 4 heteroatoms. The standard InChI is InChI=1S/C26H25NO3/c1-17-13-15-20(16-14-17)25(28)22-21(18-9-5-3-6-10-18)24(26(29)30-2)27-23(22)19-11-7-4-8-12-19/h3-16,21-24,27H,1-2H3/p+1/t21-,22-,23-,24-/m1/s1. The van der Waals surface area contributed by atoms with Gasteiger partial charge in [-0.25, -0.2) is 4.79 Å². The highest BCUT2D eigenvalue weighted by atomic mass is 16.5. The molecule has 0 spiro atoms. The van der Waals surface area contributed by atoms with Crippen LogP contribution in [-0.4, -0.2) is 24.9 Å². The molecule has 0 radical (unpaired) electrons. The zero-order chi connectivity index (χ0) is 21.1. The molecule has 4 nitrogen and oxygen atoms in total. The predicted molar refractivity (Wildman–Crippen MR) is 115 cm³/mol. The molecule has 0 aromatic heterocycles. The first kappa shape index (κ1) is 20.0. The monoisotopic (exact) mass is 400 g/mol. The Morgan fingerprint density at radius 2 is 1.37 bits per heavy atom. The van der Waals surface area contributed by atoms with Crippen molar-refractivity contribution >= 4 is 11.8 Å². The summed E-state index contributed by atoms with van der Waals surface area (Å²) in [5.74, 6) is -0.913. The van der Waals surface area contributed by atoms with Gasteiger partial charge in [0.15, 0.2) is 11.8 Å². The minimum atomic E-state index is -0.484. The van der Waals surface area contributed by atoms with Crippen molar-refractivity contribution in [1.29, 1.82) is 0 Å². The molecule has 0 unspecified atom stereocenters. The molecule has 4 rings (SSSR count). The second-order valence-corrected chi connectivity index (χ2v) is 7.87. The fourth-order valence-corrected chi connectivity index (χ4v) is 4.59. The van der Waals surface area contributed by atoms with Crippen LogP contribution in [0.3, 0.4) is 0 Å². The highest BCUT2D eigenvalue weighted by Gasteiger charge is 2.55. The third-order valence-electron chi connectivity index (χ3n) is 6.06. The number of quaternary nitrogens is 1. The quantitative estimate of drug-likeness (QED) is 0.527. The molecule has 0 saturated carbocycles. The van der Waals surface area contributed by atoms with Crippen molar-refractivity contribution in [2.24, 2.45) is 5.92 Å². The van der Waals surface area contributed by atoms with Crippen LogP contribution in [0.1, 0.15) is 39.0 Å². The van der Waals surface area contributed by atoms with Crippen LogP contribution >= 0.6 is 0 Å². The summed E-state index contributed by atoms with van der Waals surface area (Å²) < 4.78 is 5.14. The van der Waals surface area contributed by atoms with Crippen LogP contribution in [0.2, 0.25) is 0 Å². The normalized spacial score (nSPS) is 23.1. The van der Waals surface area contributed by atoms with Crippen LogP contribution in [0, 0.1) is 12.8 Å². The van der Waals surface area contributed by atoms with Gasteiger partial charge in [0.2, 0.25) is 0 Å². The lowest BCUT2D eigenvalue weighted by atomic mass is 9.76. The van der Waals surface area contributed by atoms with Crippen molar-refractivity contribution in [3.63, 3.8) is 0 Å². The van der Waals surface area contributed by atoms with E-state index in [0.717, 1.165) is 16.7 Å². The molecule has 1 aliphatic rings. The summed E-state index contributed by atoms with van der Waals surface area (Å²) in [6, 6.07) is 26.8. The minimum Gasteiger partial charge on any atom is -0.465 e. The van der Waals surface area contributed by atoms with Crippen LogP contribution in [0.15, 0.2) is 84.9 Å². The Labute approximate surface area is 176 Å². The van der Waals surface area contributed by atoms with E-state index in [2.05, 4.69) is 0 Å². The summed E-state index contributed by atoms with van der Waals surface area (Å²) in [6.07, 6.45) is 0. The Hall–Kier alpha value is -3.24. The number of hydrogen-bond acceptors (Lipinski definition) is 3. The molecule has 152 valence electrons. The van der Waals surface area contributed by atoms with Gasteiger partial charge in [-0.2, -0.15) is 0 Å². The zero-order valence-corrected chi connectivity index (χ0v) is 17.2. The second kappa shape index (κ2) is 8.64. The van der Waals surface area contributed by atoms with E-state index in [1.807, 2.05) is 97.2 Å². The van der Waals surface area contributed by atoms with Crippen molar-refractivity contribution in [3.8, 4) is 0 Å². The molecule has 0 amide bonds. The first-order valence-electron chi connectivity index (χ1n) is 10.2. The molecule has 0 bridgehead atoms. The molecule has 3 aromatic rings. The zero-order valence-electron chi connectivity index (χ0n) is 17.2. The molecular weight excluding hydrogens is 374 g/mol. The highest BCUT2D eigenvalue weighted by molar-refractivity contribution is 5.99. The second-order valence-electron chi connectivity index (χ2n) is 7.87. The average Bonchev–Trinajstić information content (AvgIpc) is 3.20. The fourth-order valence-electron chi connectivity index (χ4n) is 4.59. The van der Waals surface area contributed by atoms with Crippen molar-refractivity contribution in [2.75, 3.05) is 7.11 Å². The topological polar surface area (TPSA) is 60.0 Å². The molecule has 1 aliphatic heterocycles. The van der Waals surface area contributed by atoms with E-state index >= 15 is 0 Å². The van der Waals surface area contributed by atoms with Gasteiger partial charge >= 0.3 is 5.97 Å². The molecule has 4 atom stereocenters. The third kappa shape index (κ3) is 3.79. The van der Waals surface area contributed by atoms with Gasteiger partial charge in [0, 0.05) is 11.1 Å². The van der Waals surface area contributed by atoms with Gasteiger partial charge < -0.3 is 10.1 Å². The number of ketones is 1. The van der Waals surface area contributed by atoms with Crippen molar-refractivity contribution in [2.45, 2.75) is 24.9 Å². The van der Waals surface area contributed by atoms with E-state index in [9.17, 15) is 9.59 Å². The number of aryl methyl sites for hydroxylation is 1. The summed E-state index contributed by atoms with van der Waals surface area (Å²) in [7, 11) is 1.41. The molecule has 0 aliphatic carbocycles. The summed E-state index contributed by atoms with van der Waals surface area (Å²) >= 11 is 0. The molecular formula is C26H26NO3+. The molecule has 2 N–H and O–H groups in total. The van der Waals surface area contributed by atoms with Crippen LogP contribution in [0.5, 0.6) is 0 Å². The number of nitrogens with two attached hydrogens (primary N) is 1. The SMILES string of the molecule is COC(=O)[C@@H]1[NH2+][C@H](c2ccccc2)[C@H](C(=O)c2ccc(C)cc2)[C@H]1c1ccccc1. The lowest BCUT2D eigenvalue weighted by Gasteiger charge is -2.21. The maximum absolute atomic E-state index is 13.8. The smallest absolute Gasteiger partial charge is 0.365 e. The van der Waals surface area contributed by atoms with E-state index in [0.29, 0.717) is 5.56 Å². The van der Waals surface area contributed by atoms with E-state index in [1.165, 1.54) is 7.11 Å². The Balaban J connectivity index is 1.84. The van der Waals surface area contributed by atoms with E-state index in [-0.39, 0.29) is 29.6 Å². The number of carbonyl (C=O) groups excluding carboxylic acids is 2. The number of esters is 1. The summed E-state index contributed by atoms with van der Waals surface area (Å²) in [5.41, 5.74) is 3.80. The van der Waals surface area contributed by atoms with E-state index < -0.39 is 6.04 Å². The Morgan fingerprint density at radius 3 is 1.93 bits per heavy atom. The van der Waals surface area contributed by atoms with Crippen molar-refractivity contribution in [3.05, 3.63) is 107 Å². The molecule has 1 saturated heterocycles. The van der Waals surface area contributed by atoms with Crippen LogP contribution in [0.4, 0.5) is 0 Å². The highest BCUT2D eigenvalue weighted by Crippen LogP contribution is 2.41. The Morgan fingerprint density at radius 1 is 0.800 bits per heavy atom. The van der Waals surface area contributed by atoms with Crippen molar-refractivity contribution < 1.29 is 19.6 Å². The van der Waals surface area contributed by atoms with Gasteiger partial charge in [-0.05, 0) is 12.5 Å². The van der Waals surface area contributed by atoms with Crippen LogP contribution < -0.4 is 5.32 Å². The van der Waals surface area contributed by atoms with E-state index in [4.69, 9.17) is 4.74 Å². The molecule has 30 heavy (non-hydrogen) atoms. The minimum absolute atomic E-state index is 0.0559. The molecule has 1 fully saturated rings. The van der Waals surface area contributed by atoms with Gasteiger partial charge in [-0.3, -0.25) is 4.79 Å². The lowest BCUT2D eigenvalue weighted by Crippen LogP contribution is -2.90. The van der Waals surface area contributed by atoms with Gasteiger partial charge in [0.05, 0.1) is 18.9 Å². The number of rotatable bonds is 5. The number of Topliss-reactive ketones (excluding diaryl/α,β-unsaturated/α-hetero) is 1. The van der Waals surface area contributed by atoms with E-state index in [1.54, 1.807) is 0 Å². The Kier molecular flexibility index (Phi) is 5.77. The predicted octanol–water partition coefficient (Wildman–Crippen LogP) is 3.44. The van der Waals surface area contributed by atoms with Crippen LogP contribution in [-0.2, 0) is 9.53 Å². The number of benzene rings is 3. The number of ether oxygens (including phenoxy) is 1. The number of methoxy groups -OCH3 is 1.